The average molecular weight is 280 g/mol. The Kier molecular flexibility index (Phi) is 4.56. The second-order valence-corrected chi connectivity index (χ2v) is 7.14. The number of rotatable bonds is 5. The van der Waals surface area contributed by atoms with Crippen molar-refractivity contribution in [2.75, 3.05) is 0 Å². The van der Waals surface area contributed by atoms with Crippen LogP contribution in [0.4, 0.5) is 0 Å². The molecule has 0 unspecified atom stereocenters. The Morgan fingerprint density at radius 2 is 1.00 bits per heavy atom. The van der Waals surface area contributed by atoms with E-state index in [1.54, 1.807) is 0 Å². The van der Waals surface area contributed by atoms with Gasteiger partial charge in [-0.15, -0.1) is 0 Å². The van der Waals surface area contributed by atoms with Crippen LogP contribution in [0.15, 0.2) is 60.7 Å². The minimum absolute atomic E-state index is 0.148. The van der Waals surface area contributed by atoms with E-state index in [1.807, 2.05) is 0 Å². The Balaban J connectivity index is 2.43. The van der Waals surface area contributed by atoms with Crippen molar-refractivity contribution in [3.8, 4) is 0 Å². The molecule has 2 rings (SSSR count). The fraction of sp³-hybridized carbons (Fsp3) is 0.429. The molecule has 2 aromatic rings. The molecule has 0 radical (unpaired) electrons. The fourth-order valence-corrected chi connectivity index (χ4v) is 4.06. The van der Waals surface area contributed by atoms with Crippen molar-refractivity contribution in [3.05, 3.63) is 71.8 Å². The highest BCUT2D eigenvalue weighted by molar-refractivity contribution is 5.31. The lowest BCUT2D eigenvalue weighted by Gasteiger charge is -2.45. The third-order valence-electron chi connectivity index (χ3n) is 5.19. The molecule has 0 aromatic heterocycles. The summed E-state index contributed by atoms with van der Waals surface area (Å²) in [7, 11) is 0. The minimum Gasteiger partial charge on any atom is -0.0651 e. The fourth-order valence-electron chi connectivity index (χ4n) is 4.06. The Morgan fingerprint density at radius 1 is 0.667 bits per heavy atom. The summed E-state index contributed by atoms with van der Waals surface area (Å²) in [6.45, 7) is 11.9. The Labute approximate surface area is 130 Å². The quantitative estimate of drug-likeness (QED) is 0.633. The Morgan fingerprint density at radius 3 is 1.29 bits per heavy atom. The lowest BCUT2D eigenvalue weighted by Crippen LogP contribution is -2.41. The molecule has 0 amide bonds. The van der Waals surface area contributed by atoms with E-state index in [2.05, 4.69) is 95.3 Å². The van der Waals surface area contributed by atoms with E-state index in [9.17, 15) is 0 Å². The van der Waals surface area contributed by atoms with Crippen LogP contribution < -0.4 is 0 Å². The average Bonchev–Trinajstić information content (AvgIpc) is 2.49. The molecule has 2 aromatic carbocycles. The lowest BCUT2D eigenvalue weighted by atomic mass is 9.59. The van der Waals surface area contributed by atoms with Crippen LogP contribution in [0.2, 0.25) is 0 Å². The van der Waals surface area contributed by atoms with Gasteiger partial charge in [-0.3, -0.25) is 0 Å². The van der Waals surface area contributed by atoms with Gasteiger partial charge in [-0.2, -0.15) is 0 Å². The van der Waals surface area contributed by atoms with E-state index in [1.165, 1.54) is 17.5 Å². The number of benzene rings is 2. The summed E-state index contributed by atoms with van der Waals surface area (Å²) < 4.78 is 0. The molecule has 0 bridgehead atoms. The summed E-state index contributed by atoms with van der Waals surface area (Å²) in [6, 6.07) is 21.9. The summed E-state index contributed by atoms with van der Waals surface area (Å²) in [4.78, 5) is 0. The van der Waals surface area contributed by atoms with Gasteiger partial charge < -0.3 is 0 Å². The molecule has 0 spiro atoms. The first kappa shape index (κ1) is 15.8. The summed E-state index contributed by atoms with van der Waals surface area (Å²) in [5.74, 6) is 0.579. The third kappa shape index (κ3) is 3.05. The first-order valence-corrected chi connectivity index (χ1v) is 8.01. The van der Waals surface area contributed by atoms with Crippen molar-refractivity contribution in [1.82, 2.24) is 0 Å². The van der Waals surface area contributed by atoms with E-state index < -0.39 is 0 Å². The van der Waals surface area contributed by atoms with Gasteiger partial charge in [0.05, 0.1) is 0 Å². The zero-order valence-electron chi connectivity index (χ0n) is 14.1. The standard InChI is InChI=1S/C21H28/c1-6-19(20(2,3)17-13-9-7-10-14-17)21(4,5)18-15-11-8-12-16-18/h7-16,19H,6H2,1-5H3. The molecule has 0 atom stereocenters. The van der Waals surface area contributed by atoms with Gasteiger partial charge in [0.15, 0.2) is 0 Å². The maximum atomic E-state index is 2.39. The molecule has 0 aliphatic heterocycles. The third-order valence-corrected chi connectivity index (χ3v) is 5.19. The van der Waals surface area contributed by atoms with Crippen LogP contribution >= 0.6 is 0 Å². The topological polar surface area (TPSA) is 0 Å². The molecular weight excluding hydrogens is 252 g/mol. The van der Waals surface area contributed by atoms with E-state index in [0.717, 1.165) is 0 Å². The highest BCUT2D eigenvalue weighted by Crippen LogP contribution is 2.45. The smallest absolute Gasteiger partial charge is 0.00671 e. The molecule has 112 valence electrons. The Bertz CT molecular complexity index is 498. The largest absolute Gasteiger partial charge is 0.0651 e. The molecule has 0 heterocycles. The van der Waals surface area contributed by atoms with E-state index in [0.29, 0.717) is 5.92 Å². The molecule has 0 heteroatoms. The van der Waals surface area contributed by atoms with E-state index in [4.69, 9.17) is 0 Å². The maximum absolute atomic E-state index is 2.39. The van der Waals surface area contributed by atoms with Gasteiger partial charge >= 0.3 is 0 Å². The molecule has 21 heavy (non-hydrogen) atoms. The van der Waals surface area contributed by atoms with Crippen molar-refractivity contribution in [1.29, 1.82) is 0 Å². The summed E-state index contributed by atoms with van der Waals surface area (Å²) in [6.07, 6.45) is 1.17. The highest BCUT2D eigenvalue weighted by atomic mass is 14.4. The number of hydrogen-bond acceptors (Lipinski definition) is 0. The highest BCUT2D eigenvalue weighted by Gasteiger charge is 2.41. The van der Waals surface area contributed by atoms with Gasteiger partial charge in [0.2, 0.25) is 0 Å². The van der Waals surface area contributed by atoms with Crippen LogP contribution in [0.25, 0.3) is 0 Å². The molecule has 0 N–H and O–H groups in total. The Hall–Kier alpha value is -1.56. The molecule has 0 fully saturated rings. The van der Waals surface area contributed by atoms with Gasteiger partial charge in [-0.1, -0.05) is 102 Å². The van der Waals surface area contributed by atoms with Crippen molar-refractivity contribution in [2.45, 2.75) is 51.9 Å². The van der Waals surface area contributed by atoms with Crippen LogP contribution in [-0.4, -0.2) is 0 Å². The van der Waals surface area contributed by atoms with Crippen molar-refractivity contribution in [2.24, 2.45) is 5.92 Å². The van der Waals surface area contributed by atoms with E-state index in [-0.39, 0.29) is 10.8 Å². The first-order valence-electron chi connectivity index (χ1n) is 8.01. The molecule has 0 saturated heterocycles. The van der Waals surface area contributed by atoms with Crippen LogP contribution in [0.3, 0.4) is 0 Å². The van der Waals surface area contributed by atoms with Gasteiger partial charge in [-0.25, -0.2) is 0 Å². The summed E-state index contributed by atoms with van der Waals surface area (Å²) >= 11 is 0. The summed E-state index contributed by atoms with van der Waals surface area (Å²) in [5, 5.41) is 0. The van der Waals surface area contributed by atoms with Gasteiger partial charge in [0, 0.05) is 0 Å². The zero-order chi connectivity index (χ0) is 15.5. The van der Waals surface area contributed by atoms with Crippen molar-refractivity contribution < 1.29 is 0 Å². The SMILES string of the molecule is CCC(C(C)(C)c1ccccc1)C(C)(C)c1ccccc1. The molecule has 0 saturated carbocycles. The lowest BCUT2D eigenvalue weighted by molar-refractivity contribution is 0.193. The van der Waals surface area contributed by atoms with E-state index >= 15 is 0 Å². The van der Waals surface area contributed by atoms with Crippen LogP contribution in [-0.2, 0) is 10.8 Å². The van der Waals surface area contributed by atoms with Gasteiger partial charge in [-0.05, 0) is 27.9 Å². The van der Waals surface area contributed by atoms with Crippen molar-refractivity contribution in [3.63, 3.8) is 0 Å². The normalized spacial score (nSPS) is 12.7. The molecule has 0 aliphatic carbocycles. The van der Waals surface area contributed by atoms with Crippen molar-refractivity contribution >= 4 is 0 Å². The van der Waals surface area contributed by atoms with Crippen LogP contribution in [0, 0.1) is 5.92 Å². The predicted octanol–water partition coefficient (Wildman–Crippen LogP) is 5.97. The van der Waals surface area contributed by atoms with Crippen LogP contribution in [0.1, 0.15) is 52.2 Å². The zero-order valence-corrected chi connectivity index (χ0v) is 14.1. The molecule has 0 nitrogen and oxygen atoms in total. The number of hydrogen-bond donors (Lipinski definition) is 0. The second kappa shape index (κ2) is 6.05. The summed E-state index contributed by atoms with van der Waals surface area (Å²) in [5.41, 5.74) is 3.16. The molecular formula is C21H28. The first-order chi connectivity index (χ1) is 9.90. The minimum atomic E-state index is 0.148. The molecule has 0 aliphatic rings. The van der Waals surface area contributed by atoms with Gasteiger partial charge in [0.1, 0.15) is 0 Å². The van der Waals surface area contributed by atoms with Gasteiger partial charge in [0.25, 0.3) is 0 Å². The van der Waals surface area contributed by atoms with Crippen LogP contribution in [0.5, 0.6) is 0 Å². The maximum Gasteiger partial charge on any atom is -0.00671 e. The monoisotopic (exact) mass is 280 g/mol. The predicted molar refractivity (Wildman–Crippen MR) is 92.7 cm³/mol. The second-order valence-electron chi connectivity index (χ2n) is 7.14.